The molecule has 18 heavy (non-hydrogen) atoms. The number of pyridine rings is 1. The van der Waals surface area contributed by atoms with Crippen LogP contribution in [0, 0.1) is 5.82 Å². The van der Waals surface area contributed by atoms with E-state index in [1.54, 1.807) is 6.20 Å². The third-order valence-electron chi connectivity index (χ3n) is 2.75. The quantitative estimate of drug-likeness (QED) is 0.842. The van der Waals surface area contributed by atoms with E-state index >= 15 is 0 Å². The molecular formula is C14H16FN3. The van der Waals surface area contributed by atoms with E-state index in [9.17, 15) is 4.39 Å². The second-order valence-electron chi connectivity index (χ2n) is 4.12. The number of nitrogen functional groups attached to an aromatic ring is 1. The molecule has 0 spiro atoms. The lowest BCUT2D eigenvalue weighted by Gasteiger charge is -2.23. The molecule has 0 fully saturated rings. The van der Waals surface area contributed by atoms with Crippen LogP contribution in [0.3, 0.4) is 0 Å². The maximum Gasteiger partial charge on any atom is 0.141 e. The fraction of sp³-hybridized carbons (Fsp3) is 0.214. The highest BCUT2D eigenvalue weighted by Crippen LogP contribution is 2.19. The van der Waals surface area contributed by atoms with Crippen LogP contribution < -0.4 is 10.6 Å². The van der Waals surface area contributed by atoms with E-state index in [-0.39, 0.29) is 5.82 Å². The molecule has 2 N–H and O–H groups in total. The summed E-state index contributed by atoms with van der Waals surface area (Å²) in [5.41, 5.74) is 8.37. The van der Waals surface area contributed by atoms with E-state index in [1.165, 1.54) is 12.3 Å². The molecule has 0 saturated carbocycles. The first-order valence-electron chi connectivity index (χ1n) is 5.89. The van der Waals surface area contributed by atoms with Crippen molar-refractivity contribution in [3.05, 3.63) is 54.1 Å². The van der Waals surface area contributed by atoms with Gasteiger partial charge in [-0.2, -0.15) is 0 Å². The molecule has 0 aliphatic heterocycles. The van der Waals surface area contributed by atoms with Gasteiger partial charge in [-0.05, 0) is 36.8 Å². The molecule has 0 unspecified atom stereocenters. The van der Waals surface area contributed by atoms with Crippen molar-refractivity contribution in [3.8, 4) is 0 Å². The van der Waals surface area contributed by atoms with Crippen molar-refractivity contribution < 1.29 is 4.39 Å². The highest BCUT2D eigenvalue weighted by Gasteiger charge is 2.06. The highest BCUT2D eigenvalue weighted by atomic mass is 19.1. The van der Waals surface area contributed by atoms with Crippen LogP contribution in [0.15, 0.2) is 42.7 Å². The first-order chi connectivity index (χ1) is 8.69. The number of aromatic nitrogens is 1. The number of benzene rings is 1. The molecule has 2 aromatic rings. The summed E-state index contributed by atoms with van der Waals surface area (Å²) >= 11 is 0. The van der Waals surface area contributed by atoms with Crippen molar-refractivity contribution in [2.75, 3.05) is 17.2 Å². The van der Waals surface area contributed by atoms with Gasteiger partial charge in [-0.15, -0.1) is 0 Å². The van der Waals surface area contributed by atoms with E-state index < -0.39 is 0 Å². The molecule has 0 saturated heterocycles. The van der Waals surface area contributed by atoms with Gasteiger partial charge in [-0.3, -0.25) is 4.98 Å². The van der Waals surface area contributed by atoms with Gasteiger partial charge in [0.05, 0.1) is 6.20 Å². The average Bonchev–Trinajstić information content (AvgIpc) is 2.36. The minimum absolute atomic E-state index is 0.309. The Morgan fingerprint density at radius 1 is 1.28 bits per heavy atom. The maximum atomic E-state index is 13.1. The van der Waals surface area contributed by atoms with Crippen LogP contribution in [-0.4, -0.2) is 11.5 Å². The van der Waals surface area contributed by atoms with Crippen LogP contribution >= 0.6 is 0 Å². The average molecular weight is 245 g/mol. The molecule has 1 aromatic carbocycles. The predicted molar refractivity (Wildman–Crippen MR) is 71.8 cm³/mol. The summed E-state index contributed by atoms with van der Waals surface area (Å²) in [7, 11) is 0. The van der Waals surface area contributed by atoms with E-state index in [4.69, 9.17) is 5.73 Å². The van der Waals surface area contributed by atoms with E-state index in [2.05, 4.69) is 16.8 Å². The summed E-state index contributed by atoms with van der Waals surface area (Å²) in [4.78, 5) is 5.97. The lowest BCUT2D eigenvalue weighted by molar-refractivity contribution is 0.617. The smallest absolute Gasteiger partial charge is 0.141 e. The van der Waals surface area contributed by atoms with Gasteiger partial charge in [0.1, 0.15) is 5.82 Å². The van der Waals surface area contributed by atoms with E-state index in [0.717, 1.165) is 23.5 Å². The Balaban J connectivity index is 2.19. The lowest BCUT2D eigenvalue weighted by Crippen LogP contribution is -2.22. The number of nitrogens with zero attached hydrogens (tertiary/aromatic N) is 2. The van der Waals surface area contributed by atoms with Gasteiger partial charge in [0.2, 0.25) is 0 Å². The molecule has 4 heteroatoms. The van der Waals surface area contributed by atoms with Gasteiger partial charge in [-0.25, -0.2) is 4.39 Å². The molecule has 3 nitrogen and oxygen atoms in total. The van der Waals surface area contributed by atoms with Crippen LogP contribution in [0.5, 0.6) is 0 Å². The Kier molecular flexibility index (Phi) is 3.77. The van der Waals surface area contributed by atoms with Crippen molar-refractivity contribution in [3.63, 3.8) is 0 Å². The van der Waals surface area contributed by atoms with Gasteiger partial charge in [0, 0.05) is 30.7 Å². The fourth-order valence-electron chi connectivity index (χ4n) is 1.87. The second kappa shape index (κ2) is 5.49. The van der Waals surface area contributed by atoms with E-state index in [0.29, 0.717) is 6.54 Å². The Morgan fingerprint density at radius 2 is 2.11 bits per heavy atom. The van der Waals surface area contributed by atoms with Gasteiger partial charge in [0.25, 0.3) is 0 Å². The molecular weight excluding hydrogens is 229 g/mol. The fourth-order valence-corrected chi connectivity index (χ4v) is 1.87. The summed E-state index contributed by atoms with van der Waals surface area (Å²) in [6, 6.07) is 9.17. The van der Waals surface area contributed by atoms with E-state index in [1.807, 2.05) is 24.3 Å². The first-order valence-corrected chi connectivity index (χ1v) is 5.89. The number of rotatable bonds is 4. The third-order valence-corrected chi connectivity index (χ3v) is 2.75. The molecule has 94 valence electrons. The topological polar surface area (TPSA) is 42.2 Å². The second-order valence-corrected chi connectivity index (χ2v) is 4.12. The molecule has 0 aliphatic carbocycles. The summed E-state index contributed by atoms with van der Waals surface area (Å²) in [5.74, 6) is -0.309. The largest absolute Gasteiger partial charge is 0.399 e. The van der Waals surface area contributed by atoms with Crippen LogP contribution in [0.1, 0.15) is 12.5 Å². The van der Waals surface area contributed by atoms with Crippen LogP contribution in [-0.2, 0) is 6.54 Å². The zero-order valence-electron chi connectivity index (χ0n) is 10.3. The number of anilines is 2. The number of hydrogen-bond acceptors (Lipinski definition) is 3. The van der Waals surface area contributed by atoms with Gasteiger partial charge in [0.15, 0.2) is 0 Å². The number of hydrogen-bond donors (Lipinski definition) is 1. The highest BCUT2D eigenvalue weighted by molar-refractivity contribution is 5.56. The Bertz CT molecular complexity index is 528. The Labute approximate surface area is 106 Å². The molecule has 1 heterocycles. The summed E-state index contributed by atoms with van der Waals surface area (Å²) in [5, 5.41) is 0. The Morgan fingerprint density at radius 3 is 2.78 bits per heavy atom. The Hall–Kier alpha value is -2.10. The summed E-state index contributed by atoms with van der Waals surface area (Å²) < 4.78 is 13.1. The van der Waals surface area contributed by atoms with Crippen molar-refractivity contribution in [2.24, 2.45) is 0 Å². The van der Waals surface area contributed by atoms with Crippen molar-refractivity contribution in [1.82, 2.24) is 4.98 Å². The van der Waals surface area contributed by atoms with Crippen LogP contribution in [0.4, 0.5) is 15.8 Å². The standard InChI is InChI=1S/C14H16FN3/c1-2-18(14-5-3-4-13(16)7-14)10-11-6-12(15)9-17-8-11/h3-9H,2,10,16H2,1H3. The molecule has 0 radical (unpaired) electrons. The molecule has 0 amide bonds. The monoisotopic (exact) mass is 245 g/mol. The van der Waals surface area contributed by atoms with Crippen LogP contribution in [0.2, 0.25) is 0 Å². The number of nitrogens with two attached hydrogens (primary N) is 1. The SMILES string of the molecule is CCN(Cc1cncc(F)c1)c1cccc(N)c1. The van der Waals surface area contributed by atoms with Gasteiger partial charge in [-0.1, -0.05) is 6.07 Å². The molecule has 0 atom stereocenters. The summed E-state index contributed by atoms with van der Waals surface area (Å²) in [6.07, 6.45) is 2.89. The van der Waals surface area contributed by atoms with Crippen molar-refractivity contribution >= 4 is 11.4 Å². The zero-order chi connectivity index (χ0) is 13.0. The lowest BCUT2D eigenvalue weighted by atomic mass is 10.2. The minimum atomic E-state index is -0.309. The summed E-state index contributed by atoms with van der Waals surface area (Å²) in [6.45, 7) is 3.49. The predicted octanol–water partition coefficient (Wildman–Crippen LogP) is 2.83. The van der Waals surface area contributed by atoms with Gasteiger partial charge >= 0.3 is 0 Å². The molecule has 2 rings (SSSR count). The first kappa shape index (κ1) is 12.4. The molecule has 0 bridgehead atoms. The molecule has 1 aromatic heterocycles. The minimum Gasteiger partial charge on any atom is -0.399 e. The van der Waals surface area contributed by atoms with Crippen LogP contribution in [0.25, 0.3) is 0 Å². The zero-order valence-corrected chi connectivity index (χ0v) is 10.3. The molecule has 0 aliphatic rings. The maximum absolute atomic E-state index is 13.1. The van der Waals surface area contributed by atoms with Gasteiger partial charge < -0.3 is 10.6 Å². The normalized spacial score (nSPS) is 10.3. The van der Waals surface area contributed by atoms with Crippen molar-refractivity contribution in [1.29, 1.82) is 0 Å². The number of halogens is 1. The van der Waals surface area contributed by atoms with Crippen molar-refractivity contribution in [2.45, 2.75) is 13.5 Å². The third kappa shape index (κ3) is 2.97.